The third kappa shape index (κ3) is 5.06. The van der Waals surface area contributed by atoms with Crippen LogP contribution in [0.15, 0.2) is 206 Å². The predicted octanol–water partition coefficient (Wildman–Crippen LogP) is 8.15. The number of benzene rings is 7. The second-order valence-electron chi connectivity index (χ2n) is 15.0. The zero-order valence-corrected chi connectivity index (χ0v) is 33.2. The molecule has 0 spiro atoms. The number of nitrogens with zero attached hydrogens (tertiary/aromatic N) is 8. The van der Waals surface area contributed by atoms with Crippen LogP contribution in [-0.2, 0) is 0 Å². The highest BCUT2D eigenvalue weighted by molar-refractivity contribution is 7.19. The summed E-state index contributed by atoms with van der Waals surface area (Å²) in [6.45, 7) is 0. The van der Waals surface area contributed by atoms with Crippen LogP contribution in [0.4, 0.5) is 0 Å². The lowest BCUT2D eigenvalue weighted by molar-refractivity contribution is 0.884. The molecular formula is C51H34N8Si. The molecule has 0 aliphatic rings. The van der Waals surface area contributed by atoms with E-state index in [1.54, 1.807) is 0 Å². The van der Waals surface area contributed by atoms with Crippen LogP contribution in [0, 0.1) is 0 Å². The fourth-order valence-corrected chi connectivity index (χ4v) is 13.8. The summed E-state index contributed by atoms with van der Waals surface area (Å²) in [5, 5.41) is 6.95. The zero-order valence-electron chi connectivity index (χ0n) is 32.2. The Labute approximate surface area is 345 Å². The van der Waals surface area contributed by atoms with Gasteiger partial charge in [-0.15, -0.1) is 0 Å². The normalized spacial score (nSPS) is 12.0. The number of hydrogen-bond donors (Lipinski definition) is 0. The van der Waals surface area contributed by atoms with E-state index in [1.165, 1.54) is 15.6 Å². The van der Waals surface area contributed by atoms with E-state index in [0.29, 0.717) is 17.7 Å². The minimum absolute atomic E-state index is 0.467. The molecule has 8 nitrogen and oxygen atoms in total. The Kier molecular flexibility index (Phi) is 7.69. The van der Waals surface area contributed by atoms with Crippen molar-refractivity contribution >= 4 is 78.6 Å². The summed E-state index contributed by atoms with van der Waals surface area (Å²) in [5.74, 6) is 2.23. The first kappa shape index (κ1) is 34.1. The van der Waals surface area contributed by atoms with Gasteiger partial charge in [-0.3, -0.25) is 14.0 Å². The molecule has 0 aliphatic heterocycles. The van der Waals surface area contributed by atoms with Crippen LogP contribution in [0.1, 0.15) is 0 Å². The highest BCUT2D eigenvalue weighted by Gasteiger charge is 2.43. The zero-order chi connectivity index (χ0) is 39.6. The number of rotatable bonds is 7. The quantitative estimate of drug-likeness (QED) is 0.120. The van der Waals surface area contributed by atoms with Crippen molar-refractivity contribution in [3.63, 3.8) is 0 Å². The Morgan fingerprint density at radius 3 is 1.47 bits per heavy atom. The van der Waals surface area contributed by atoms with Crippen molar-refractivity contribution in [3.8, 4) is 23.3 Å². The van der Waals surface area contributed by atoms with Gasteiger partial charge >= 0.3 is 0 Å². The molecule has 12 rings (SSSR count). The van der Waals surface area contributed by atoms with Crippen LogP contribution in [0.2, 0.25) is 0 Å². The van der Waals surface area contributed by atoms with Crippen molar-refractivity contribution in [2.45, 2.75) is 0 Å². The molecule has 9 heteroatoms. The molecule has 0 saturated carbocycles. The Morgan fingerprint density at radius 2 is 0.867 bits per heavy atom. The number of hydrogen-bond acceptors (Lipinski definition) is 5. The first-order valence-corrected chi connectivity index (χ1v) is 22.0. The van der Waals surface area contributed by atoms with Crippen molar-refractivity contribution in [2.75, 3.05) is 0 Å². The second kappa shape index (κ2) is 13.5. The number of aromatic nitrogens is 8. The van der Waals surface area contributed by atoms with Gasteiger partial charge in [0, 0.05) is 27.8 Å². The van der Waals surface area contributed by atoms with E-state index in [0.717, 1.165) is 60.5 Å². The lowest BCUT2D eigenvalue weighted by atomic mass is 10.2. The molecule has 60 heavy (non-hydrogen) atoms. The van der Waals surface area contributed by atoms with Gasteiger partial charge in [-0.1, -0.05) is 152 Å². The molecule has 0 aliphatic carbocycles. The lowest BCUT2D eigenvalue weighted by Crippen LogP contribution is -2.75. The Hall–Kier alpha value is -8.01. The van der Waals surface area contributed by atoms with Crippen LogP contribution in [-0.4, -0.2) is 46.5 Å². The fourth-order valence-electron chi connectivity index (χ4n) is 9.15. The smallest absolute Gasteiger partial charge is 0.242 e. The molecule has 7 aromatic carbocycles. The van der Waals surface area contributed by atoms with Crippen LogP contribution in [0.25, 0.3) is 72.9 Å². The number of pyridine rings is 1. The van der Waals surface area contributed by atoms with Crippen molar-refractivity contribution in [3.05, 3.63) is 206 Å². The number of imidazole rings is 2. The highest BCUT2D eigenvalue weighted by Crippen LogP contribution is 2.33. The van der Waals surface area contributed by atoms with Gasteiger partial charge in [0.2, 0.25) is 25.7 Å². The predicted molar refractivity (Wildman–Crippen MR) is 244 cm³/mol. The van der Waals surface area contributed by atoms with Gasteiger partial charge in [0.15, 0.2) is 5.82 Å². The summed E-state index contributed by atoms with van der Waals surface area (Å²) in [6, 6.07) is 70.2. The summed E-state index contributed by atoms with van der Waals surface area (Å²) in [6.07, 6.45) is 1.91. The maximum absolute atomic E-state index is 5.39. The van der Waals surface area contributed by atoms with E-state index in [-0.39, 0.29) is 0 Å². The number of fused-ring (bicyclic) bond motifs is 8. The minimum Gasteiger partial charge on any atom is -0.278 e. The molecule has 0 saturated heterocycles. The standard InChI is InChI=1S/C51H34N8Si/c1-4-18-36(19-5-1)60(37-20-6-2-7-21-37,38-22-8-3-9-23-38)47-34-35(32-33-52-47)48-54-49(57-42-27-13-10-24-39(42)40-25-11-14-28-43(40)57)56-50(55-48)59-46-31-17-16-30-45(46)58-44-29-15-12-26-41(44)53-51(58)59/h1-34H. The van der Waals surface area contributed by atoms with Crippen LogP contribution in [0.5, 0.6) is 0 Å². The molecule has 0 N–H and O–H groups in total. The molecule has 12 aromatic rings. The molecule has 282 valence electrons. The Balaban J connectivity index is 1.17. The van der Waals surface area contributed by atoms with E-state index in [2.05, 4.69) is 189 Å². The summed E-state index contributed by atoms with van der Waals surface area (Å²) in [7, 11) is -2.97. The summed E-state index contributed by atoms with van der Waals surface area (Å²) in [5.41, 5.74) is 6.72. The molecule has 0 atom stereocenters. The first-order chi connectivity index (χ1) is 29.8. The largest absolute Gasteiger partial charge is 0.278 e. The maximum Gasteiger partial charge on any atom is 0.242 e. The van der Waals surface area contributed by atoms with E-state index < -0.39 is 8.07 Å². The SMILES string of the molecule is c1ccc([Si](c2ccccc2)(c2ccccc2)c2cc(-c3nc(-n4c5ccccc5c5ccccc54)nc(-n4c5ccccc5n5c6ccccc6nc45)n3)ccn2)cc1. The molecule has 0 radical (unpaired) electrons. The molecule has 0 bridgehead atoms. The van der Waals surface area contributed by atoms with Crippen LogP contribution < -0.4 is 20.9 Å². The van der Waals surface area contributed by atoms with E-state index in [4.69, 9.17) is 24.9 Å². The van der Waals surface area contributed by atoms with Crippen molar-refractivity contribution in [2.24, 2.45) is 0 Å². The van der Waals surface area contributed by atoms with Crippen molar-refractivity contribution < 1.29 is 0 Å². The van der Waals surface area contributed by atoms with Crippen LogP contribution in [0.3, 0.4) is 0 Å². The molecule has 5 aromatic heterocycles. The van der Waals surface area contributed by atoms with Gasteiger partial charge in [0.25, 0.3) is 0 Å². The molecule has 5 heterocycles. The molecular weight excluding hydrogens is 753 g/mol. The third-order valence-corrected chi connectivity index (χ3v) is 16.4. The molecule has 0 amide bonds. The van der Waals surface area contributed by atoms with E-state index in [1.807, 2.05) is 30.5 Å². The average Bonchev–Trinajstić information content (AvgIpc) is 3.97. The van der Waals surface area contributed by atoms with Gasteiger partial charge in [-0.25, -0.2) is 9.55 Å². The van der Waals surface area contributed by atoms with Gasteiger partial charge < -0.3 is 0 Å². The minimum atomic E-state index is -2.97. The Bertz CT molecular complexity index is 3410. The highest BCUT2D eigenvalue weighted by atomic mass is 28.3. The maximum atomic E-state index is 5.39. The van der Waals surface area contributed by atoms with Crippen molar-refractivity contribution in [1.29, 1.82) is 0 Å². The average molecular weight is 787 g/mol. The second-order valence-corrected chi connectivity index (χ2v) is 18.7. The fraction of sp³-hybridized carbons (Fsp3) is 0. The summed E-state index contributed by atoms with van der Waals surface area (Å²) < 4.78 is 6.42. The topological polar surface area (TPSA) is 78.7 Å². The first-order valence-electron chi connectivity index (χ1n) is 20.0. The van der Waals surface area contributed by atoms with Gasteiger partial charge in [0.1, 0.15) is 0 Å². The van der Waals surface area contributed by atoms with Gasteiger partial charge in [-0.2, -0.15) is 15.0 Å². The molecule has 0 unspecified atom stereocenters. The van der Waals surface area contributed by atoms with Crippen LogP contribution >= 0.6 is 0 Å². The number of para-hydroxylation sites is 6. The monoisotopic (exact) mass is 786 g/mol. The van der Waals surface area contributed by atoms with Gasteiger partial charge in [0.05, 0.1) is 33.1 Å². The van der Waals surface area contributed by atoms with Gasteiger partial charge in [-0.05, 0) is 64.1 Å². The molecule has 0 fully saturated rings. The van der Waals surface area contributed by atoms with Crippen molar-refractivity contribution in [1.82, 2.24) is 38.5 Å². The summed E-state index contributed by atoms with van der Waals surface area (Å²) in [4.78, 5) is 26.6. The summed E-state index contributed by atoms with van der Waals surface area (Å²) >= 11 is 0. The lowest BCUT2D eigenvalue weighted by Gasteiger charge is -2.33. The van der Waals surface area contributed by atoms with E-state index in [9.17, 15) is 0 Å². The third-order valence-electron chi connectivity index (χ3n) is 11.7. The Morgan fingerprint density at radius 1 is 0.383 bits per heavy atom. The van der Waals surface area contributed by atoms with E-state index >= 15 is 0 Å².